The molecule has 428 valence electrons. The lowest BCUT2D eigenvalue weighted by atomic mass is 9.97. The third-order valence-corrected chi connectivity index (χ3v) is 14.0. The molecule has 6 aromatic carbocycles. The van der Waals surface area contributed by atoms with Crippen LogP contribution in [0.3, 0.4) is 0 Å². The number of nitrogens with two attached hydrogens (primary N) is 1. The fraction of sp³-hybridized carbons (Fsp3) is 0.286. The molecule has 0 aromatic heterocycles. The first-order valence-corrected chi connectivity index (χ1v) is 27.3. The van der Waals surface area contributed by atoms with Crippen LogP contribution in [0.5, 0.6) is 0 Å². The van der Waals surface area contributed by atoms with E-state index in [1.807, 2.05) is 20.1 Å². The van der Waals surface area contributed by atoms with E-state index in [9.17, 15) is 71.9 Å². The van der Waals surface area contributed by atoms with Gasteiger partial charge in [-0.1, -0.05) is 59.6 Å². The van der Waals surface area contributed by atoms with Gasteiger partial charge in [0.25, 0.3) is 23.6 Å². The predicted octanol–water partition coefficient (Wildman–Crippen LogP) is 15.8. The predicted molar refractivity (Wildman–Crippen MR) is 290 cm³/mol. The van der Waals surface area contributed by atoms with Gasteiger partial charge in [-0.05, 0) is 159 Å². The Morgan fingerprint density at radius 3 is 1.46 bits per heavy atom. The maximum atomic E-state index is 13.2. The van der Waals surface area contributed by atoms with Crippen molar-refractivity contribution in [3.8, 4) is 0 Å². The van der Waals surface area contributed by atoms with E-state index < -0.39 is 70.6 Å². The van der Waals surface area contributed by atoms with Crippen molar-refractivity contribution in [2.75, 3.05) is 34.2 Å². The molecule has 0 unspecified atom stereocenters. The molecular formula is C56H50Cl2F12N4O4S2. The minimum atomic E-state index is -4.94. The zero-order valence-electron chi connectivity index (χ0n) is 43.1. The Morgan fingerprint density at radius 1 is 0.575 bits per heavy atom. The first kappa shape index (κ1) is 64.6. The molecular weight excluding hydrogens is 1160 g/mol. The minimum Gasteiger partial charge on any atom is -0.349 e. The van der Waals surface area contributed by atoms with Crippen LogP contribution in [0.15, 0.2) is 109 Å². The number of rotatable bonds is 13. The standard InChI is InChI=1S/C28H25ClF6N2O2S.C24H14ClF6NO2.C4H11NS/c1-15-9-17(10-18-11-19(27(30,31)32)13-20(12-18)28(33,34)35)7-8-23(15)37-25(38)21-5-4-6-22(29)24(21)26(39)36-16(2)14-40-3;1-12-7-13(8-14-9-15(23(26,27)28)11-16(10-14)24(29,30)31)5-6-19(12)32-21(33)17-3-2-4-18(25)20(17)22(32)34;1-4(5)3-6-2/h4-9,11-13,16H,10,14H2,1-3H3,(H,36,39)(H,37,38);2-7,9-11H,8H2,1H3;4H,3,5H2,1-2H3/t16-;;4-/m0.0/s1. The third-order valence-electron chi connectivity index (χ3n) is 11.7. The number of fused-ring (bicyclic) bond motifs is 1. The lowest BCUT2D eigenvalue weighted by molar-refractivity contribution is -0.144. The van der Waals surface area contributed by atoms with E-state index in [1.165, 1.54) is 66.7 Å². The van der Waals surface area contributed by atoms with E-state index in [-0.39, 0.29) is 80.1 Å². The molecule has 1 aliphatic heterocycles. The molecule has 0 radical (unpaired) electrons. The van der Waals surface area contributed by atoms with Gasteiger partial charge < -0.3 is 16.4 Å². The highest BCUT2D eigenvalue weighted by Gasteiger charge is 2.40. The van der Waals surface area contributed by atoms with Crippen molar-refractivity contribution in [2.24, 2.45) is 5.73 Å². The van der Waals surface area contributed by atoms with Crippen LogP contribution in [0.4, 0.5) is 64.1 Å². The molecule has 8 nitrogen and oxygen atoms in total. The van der Waals surface area contributed by atoms with Gasteiger partial charge in [0.15, 0.2) is 0 Å². The summed E-state index contributed by atoms with van der Waals surface area (Å²) in [5, 5.41) is 5.71. The van der Waals surface area contributed by atoms with Gasteiger partial charge in [0.05, 0.1) is 60.2 Å². The second kappa shape index (κ2) is 26.6. The number of aryl methyl sites for hydroxylation is 2. The Morgan fingerprint density at radius 2 is 1.04 bits per heavy atom. The highest BCUT2D eigenvalue weighted by atomic mass is 35.5. The number of anilines is 2. The summed E-state index contributed by atoms with van der Waals surface area (Å²) in [5.41, 5.74) is 2.11. The molecule has 0 saturated carbocycles. The number of alkyl halides is 12. The summed E-state index contributed by atoms with van der Waals surface area (Å²) in [4.78, 5) is 52.5. The van der Waals surface area contributed by atoms with Crippen LogP contribution < -0.4 is 21.3 Å². The van der Waals surface area contributed by atoms with Crippen molar-refractivity contribution in [3.05, 3.63) is 197 Å². The molecule has 0 saturated heterocycles. The normalized spacial score (nSPS) is 13.4. The molecule has 4 amide bonds. The molecule has 0 aliphatic carbocycles. The number of thioether (sulfide) groups is 2. The molecule has 1 heterocycles. The number of nitrogens with zero attached hydrogens (tertiary/aromatic N) is 1. The smallest absolute Gasteiger partial charge is 0.349 e. The van der Waals surface area contributed by atoms with Crippen molar-refractivity contribution in [2.45, 2.75) is 77.3 Å². The fourth-order valence-corrected chi connectivity index (χ4v) is 9.84. The Kier molecular flexibility index (Phi) is 21.5. The van der Waals surface area contributed by atoms with Crippen molar-refractivity contribution in [3.63, 3.8) is 0 Å². The number of hydrogen-bond donors (Lipinski definition) is 3. The van der Waals surface area contributed by atoms with E-state index in [4.69, 9.17) is 28.9 Å². The Bertz CT molecular complexity index is 3190. The number of nitrogens with one attached hydrogen (secondary N) is 2. The topological polar surface area (TPSA) is 122 Å². The first-order chi connectivity index (χ1) is 37.1. The summed E-state index contributed by atoms with van der Waals surface area (Å²) in [6.45, 7) is 7.04. The van der Waals surface area contributed by atoms with Gasteiger partial charge >= 0.3 is 24.7 Å². The van der Waals surface area contributed by atoms with E-state index in [0.717, 1.165) is 10.7 Å². The van der Waals surface area contributed by atoms with Crippen LogP contribution >= 0.6 is 46.7 Å². The van der Waals surface area contributed by atoms with E-state index in [2.05, 4.69) is 16.9 Å². The van der Waals surface area contributed by atoms with Crippen molar-refractivity contribution in [1.82, 2.24) is 5.32 Å². The quantitative estimate of drug-likeness (QED) is 0.0778. The second-order valence-electron chi connectivity index (χ2n) is 18.4. The first-order valence-electron chi connectivity index (χ1n) is 23.7. The monoisotopic (exact) mass is 1200 g/mol. The van der Waals surface area contributed by atoms with Crippen molar-refractivity contribution >= 4 is 81.7 Å². The molecule has 4 N–H and O–H groups in total. The molecule has 0 fully saturated rings. The van der Waals surface area contributed by atoms with Crippen LogP contribution in [0.1, 0.15) is 111 Å². The minimum absolute atomic E-state index is 0.00825. The highest BCUT2D eigenvalue weighted by Crippen LogP contribution is 2.40. The molecule has 24 heteroatoms. The molecule has 0 bridgehead atoms. The van der Waals surface area contributed by atoms with Crippen LogP contribution in [0.25, 0.3) is 0 Å². The SMILES string of the molecule is CSC[C@H](C)N.CSC[C@H](C)NC(=O)c1c(Cl)cccc1C(=O)Nc1ccc(Cc2cc(C(F)(F)F)cc(C(F)(F)F)c2)cc1C.Cc1cc(Cc2cc(C(F)(F)F)cc(C(F)(F)F)c2)ccc1N1C(=O)c2cccc(Cl)c2C1=O. The summed E-state index contributed by atoms with van der Waals surface area (Å²) in [6, 6.07) is 20.9. The molecule has 80 heavy (non-hydrogen) atoms. The summed E-state index contributed by atoms with van der Waals surface area (Å²) in [5.74, 6) is -0.598. The number of hydrogen-bond acceptors (Lipinski definition) is 7. The van der Waals surface area contributed by atoms with Gasteiger partial charge in [0.1, 0.15) is 0 Å². The molecule has 0 spiro atoms. The largest absolute Gasteiger partial charge is 0.416 e. The van der Waals surface area contributed by atoms with Gasteiger partial charge in [-0.3, -0.25) is 19.2 Å². The van der Waals surface area contributed by atoms with Crippen molar-refractivity contribution < 1.29 is 71.9 Å². The molecule has 6 aromatic rings. The number of carbonyl (C=O) groups excluding carboxylic acids is 4. The van der Waals surface area contributed by atoms with Gasteiger partial charge in [0, 0.05) is 29.3 Å². The number of halogens is 14. The van der Waals surface area contributed by atoms with Crippen LogP contribution in [0.2, 0.25) is 10.0 Å². The Hall–Kier alpha value is -6.20. The zero-order chi connectivity index (χ0) is 59.8. The summed E-state index contributed by atoms with van der Waals surface area (Å²) < 4.78 is 158. The van der Waals surface area contributed by atoms with Gasteiger partial charge in [-0.25, -0.2) is 4.90 Å². The lowest BCUT2D eigenvalue weighted by Crippen LogP contribution is -2.35. The van der Waals surface area contributed by atoms with Gasteiger partial charge in [0.2, 0.25) is 0 Å². The van der Waals surface area contributed by atoms with E-state index in [1.54, 1.807) is 43.4 Å². The summed E-state index contributed by atoms with van der Waals surface area (Å²) in [7, 11) is 0. The number of amides is 4. The van der Waals surface area contributed by atoms with Gasteiger partial charge in [-0.15, -0.1) is 0 Å². The number of imide groups is 1. The number of carbonyl (C=O) groups is 4. The molecule has 7 rings (SSSR count). The van der Waals surface area contributed by atoms with E-state index >= 15 is 0 Å². The average Bonchev–Trinajstić information content (AvgIpc) is 3.61. The molecule has 2 atom stereocenters. The Balaban J connectivity index is 0.000000269. The van der Waals surface area contributed by atoms with Crippen LogP contribution in [0, 0.1) is 13.8 Å². The maximum absolute atomic E-state index is 13.2. The van der Waals surface area contributed by atoms with Gasteiger partial charge in [-0.2, -0.15) is 76.2 Å². The molecule has 1 aliphatic rings. The average molecular weight is 1210 g/mol. The Labute approximate surface area is 471 Å². The van der Waals surface area contributed by atoms with Crippen molar-refractivity contribution in [1.29, 1.82) is 0 Å². The second-order valence-corrected chi connectivity index (χ2v) is 21.1. The third kappa shape index (κ3) is 16.9. The highest BCUT2D eigenvalue weighted by molar-refractivity contribution is 7.98. The van der Waals surface area contributed by atoms with Crippen LogP contribution in [-0.2, 0) is 37.5 Å². The fourth-order valence-electron chi connectivity index (χ4n) is 8.22. The summed E-state index contributed by atoms with van der Waals surface area (Å²) in [6.07, 6.45) is -16.2. The van der Waals surface area contributed by atoms with Crippen LogP contribution in [-0.4, -0.2) is 59.7 Å². The van der Waals surface area contributed by atoms with E-state index in [0.29, 0.717) is 64.0 Å². The zero-order valence-corrected chi connectivity index (χ0v) is 46.3. The number of benzene rings is 6. The lowest BCUT2D eigenvalue weighted by Gasteiger charge is -2.18. The maximum Gasteiger partial charge on any atom is 0.416 e. The summed E-state index contributed by atoms with van der Waals surface area (Å²) >= 11 is 15.6.